The van der Waals surface area contributed by atoms with E-state index in [1.807, 2.05) is 6.92 Å². The average molecular weight is 181 g/mol. The molecule has 2 nitrogen and oxygen atoms in total. The molecule has 0 fully saturated rings. The first-order chi connectivity index (χ1) is 6.02. The second-order valence-corrected chi connectivity index (χ2v) is 3.18. The summed E-state index contributed by atoms with van der Waals surface area (Å²) in [5.41, 5.74) is 1.01. The smallest absolute Gasteiger partial charge is 0.256 e. The average Bonchev–Trinajstić information content (AvgIpc) is 2.08. The van der Waals surface area contributed by atoms with Gasteiger partial charge in [0.15, 0.2) is 0 Å². The second-order valence-electron chi connectivity index (χ2n) is 3.18. The third kappa shape index (κ3) is 2.05. The lowest BCUT2D eigenvalue weighted by Gasteiger charge is -2.11. The number of carbonyl (C=O) groups is 1. The van der Waals surface area contributed by atoms with Gasteiger partial charge in [0.25, 0.3) is 5.91 Å². The summed E-state index contributed by atoms with van der Waals surface area (Å²) in [4.78, 5) is 12.8. The van der Waals surface area contributed by atoms with Gasteiger partial charge in [0.1, 0.15) is 5.82 Å². The minimum Gasteiger partial charge on any atom is -0.345 e. The van der Waals surface area contributed by atoms with Gasteiger partial charge < -0.3 is 4.90 Å². The van der Waals surface area contributed by atoms with Crippen LogP contribution >= 0.6 is 0 Å². The zero-order chi connectivity index (χ0) is 10.0. The number of rotatable bonds is 1. The molecular weight excluding hydrogens is 169 g/mol. The minimum atomic E-state index is -0.468. The molecule has 0 aliphatic heterocycles. The van der Waals surface area contributed by atoms with Gasteiger partial charge >= 0.3 is 0 Å². The van der Waals surface area contributed by atoms with Crippen LogP contribution in [0.1, 0.15) is 15.9 Å². The van der Waals surface area contributed by atoms with Crippen LogP contribution in [0.5, 0.6) is 0 Å². The summed E-state index contributed by atoms with van der Waals surface area (Å²) in [6, 6.07) is 4.51. The van der Waals surface area contributed by atoms with Crippen molar-refractivity contribution < 1.29 is 9.18 Å². The Morgan fingerprint density at radius 1 is 1.38 bits per heavy atom. The molecule has 13 heavy (non-hydrogen) atoms. The summed E-state index contributed by atoms with van der Waals surface area (Å²) < 4.78 is 13.1. The van der Waals surface area contributed by atoms with Crippen molar-refractivity contribution in [3.05, 3.63) is 35.1 Å². The number of benzene rings is 1. The highest BCUT2D eigenvalue weighted by molar-refractivity contribution is 5.94. The number of carbonyl (C=O) groups excluding carboxylic acids is 1. The van der Waals surface area contributed by atoms with Crippen LogP contribution in [-0.2, 0) is 0 Å². The predicted octanol–water partition coefficient (Wildman–Crippen LogP) is 1.84. The highest BCUT2D eigenvalue weighted by Gasteiger charge is 2.12. The van der Waals surface area contributed by atoms with Crippen LogP contribution < -0.4 is 0 Å². The van der Waals surface area contributed by atoms with Crippen molar-refractivity contribution in [2.24, 2.45) is 0 Å². The van der Waals surface area contributed by atoms with Crippen LogP contribution in [0.4, 0.5) is 4.39 Å². The van der Waals surface area contributed by atoms with Crippen LogP contribution in [0.15, 0.2) is 18.2 Å². The fourth-order valence-electron chi connectivity index (χ4n) is 1.04. The van der Waals surface area contributed by atoms with E-state index >= 15 is 0 Å². The number of halogens is 1. The molecule has 0 atom stereocenters. The summed E-state index contributed by atoms with van der Waals surface area (Å²) in [5, 5.41) is 0. The highest BCUT2D eigenvalue weighted by atomic mass is 19.1. The van der Waals surface area contributed by atoms with Crippen molar-refractivity contribution in [3.8, 4) is 0 Å². The Balaban J connectivity index is 3.13. The molecule has 0 aliphatic rings. The lowest BCUT2D eigenvalue weighted by molar-refractivity contribution is 0.0823. The molecule has 0 saturated heterocycles. The maximum atomic E-state index is 13.1. The molecule has 0 aromatic heterocycles. The molecule has 1 aromatic carbocycles. The minimum absolute atomic E-state index is 0.130. The van der Waals surface area contributed by atoms with Crippen molar-refractivity contribution in [1.82, 2.24) is 4.90 Å². The van der Waals surface area contributed by atoms with Gasteiger partial charge in [-0.05, 0) is 19.1 Å². The maximum absolute atomic E-state index is 13.1. The van der Waals surface area contributed by atoms with E-state index in [2.05, 4.69) is 0 Å². The molecule has 0 N–H and O–H groups in total. The fraction of sp³-hybridized carbons (Fsp3) is 0.300. The topological polar surface area (TPSA) is 20.3 Å². The first-order valence-corrected chi connectivity index (χ1v) is 4.00. The Morgan fingerprint density at radius 3 is 2.54 bits per heavy atom. The molecular formula is C10H12FNO. The molecule has 3 heteroatoms. The number of amides is 1. The quantitative estimate of drug-likeness (QED) is 0.647. The van der Waals surface area contributed by atoms with Gasteiger partial charge in [-0.3, -0.25) is 4.79 Å². The zero-order valence-electron chi connectivity index (χ0n) is 7.97. The molecule has 0 saturated carbocycles. The maximum Gasteiger partial charge on any atom is 0.256 e. The number of nitrogens with zero attached hydrogens (tertiary/aromatic N) is 1. The normalized spacial score (nSPS) is 9.85. The Morgan fingerprint density at radius 2 is 2.00 bits per heavy atom. The summed E-state index contributed by atoms with van der Waals surface area (Å²) in [5.74, 6) is -0.773. The predicted molar refractivity (Wildman–Crippen MR) is 49.2 cm³/mol. The molecule has 1 aromatic rings. The van der Waals surface area contributed by atoms with Gasteiger partial charge in [0.05, 0.1) is 5.56 Å². The number of hydrogen-bond donors (Lipinski definition) is 0. The van der Waals surface area contributed by atoms with E-state index in [9.17, 15) is 9.18 Å². The molecule has 70 valence electrons. The monoisotopic (exact) mass is 181 g/mol. The van der Waals surface area contributed by atoms with Gasteiger partial charge in [0, 0.05) is 14.1 Å². The Labute approximate surface area is 77.0 Å². The third-order valence-electron chi connectivity index (χ3n) is 1.76. The van der Waals surface area contributed by atoms with Gasteiger partial charge in [-0.15, -0.1) is 0 Å². The van der Waals surface area contributed by atoms with Crippen LogP contribution in [0.2, 0.25) is 0 Å². The lowest BCUT2D eigenvalue weighted by Crippen LogP contribution is -2.22. The molecule has 1 amide bonds. The standard InChI is InChI=1S/C10H12FNO/c1-7-4-5-9(11)8(6-7)10(13)12(2)3/h4-6H,1-3H3. The first kappa shape index (κ1) is 9.71. The van der Waals surface area contributed by atoms with Crippen LogP contribution in [0, 0.1) is 12.7 Å². The van der Waals surface area contributed by atoms with E-state index in [0.29, 0.717) is 0 Å². The Kier molecular flexibility index (Phi) is 2.66. The van der Waals surface area contributed by atoms with Gasteiger partial charge in [-0.1, -0.05) is 11.6 Å². The summed E-state index contributed by atoms with van der Waals surface area (Å²) in [6.45, 7) is 1.83. The van der Waals surface area contributed by atoms with Gasteiger partial charge in [0.2, 0.25) is 0 Å². The van der Waals surface area contributed by atoms with E-state index in [1.165, 1.54) is 11.0 Å². The van der Waals surface area contributed by atoms with Gasteiger partial charge in [-0.2, -0.15) is 0 Å². The summed E-state index contributed by atoms with van der Waals surface area (Å²) in [6.07, 6.45) is 0. The Bertz CT molecular complexity index is 334. The van der Waals surface area contributed by atoms with Crippen molar-refractivity contribution in [2.45, 2.75) is 6.92 Å². The van der Waals surface area contributed by atoms with Crippen LogP contribution in [-0.4, -0.2) is 24.9 Å². The van der Waals surface area contributed by atoms with Gasteiger partial charge in [-0.25, -0.2) is 4.39 Å². The first-order valence-electron chi connectivity index (χ1n) is 4.00. The summed E-state index contributed by atoms with van der Waals surface area (Å²) in [7, 11) is 3.20. The van der Waals surface area contributed by atoms with E-state index in [0.717, 1.165) is 5.56 Å². The Hall–Kier alpha value is -1.38. The number of hydrogen-bond acceptors (Lipinski definition) is 1. The van der Waals surface area contributed by atoms with Crippen molar-refractivity contribution >= 4 is 5.91 Å². The molecule has 0 aliphatic carbocycles. The molecule has 1 rings (SSSR count). The lowest BCUT2D eigenvalue weighted by atomic mass is 10.1. The third-order valence-corrected chi connectivity index (χ3v) is 1.76. The van der Waals surface area contributed by atoms with E-state index in [4.69, 9.17) is 0 Å². The second kappa shape index (κ2) is 3.56. The SMILES string of the molecule is Cc1ccc(F)c(C(=O)N(C)C)c1. The largest absolute Gasteiger partial charge is 0.345 e. The molecule has 0 spiro atoms. The molecule has 0 bridgehead atoms. The van der Waals surface area contributed by atoms with E-state index < -0.39 is 5.82 Å². The highest BCUT2D eigenvalue weighted by Crippen LogP contribution is 2.11. The zero-order valence-corrected chi connectivity index (χ0v) is 7.97. The molecule has 0 radical (unpaired) electrons. The van der Waals surface area contributed by atoms with Crippen molar-refractivity contribution in [2.75, 3.05) is 14.1 Å². The van der Waals surface area contributed by atoms with Crippen molar-refractivity contribution in [3.63, 3.8) is 0 Å². The molecule has 0 unspecified atom stereocenters. The fourth-order valence-corrected chi connectivity index (χ4v) is 1.04. The summed E-state index contributed by atoms with van der Waals surface area (Å²) >= 11 is 0. The van der Waals surface area contributed by atoms with Crippen LogP contribution in [0.3, 0.4) is 0 Å². The molecule has 0 heterocycles. The van der Waals surface area contributed by atoms with E-state index in [1.54, 1.807) is 26.2 Å². The number of aryl methyl sites for hydroxylation is 1. The van der Waals surface area contributed by atoms with Crippen LogP contribution in [0.25, 0.3) is 0 Å². The van der Waals surface area contributed by atoms with Crippen molar-refractivity contribution in [1.29, 1.82) is 0 Å². The van der Waals surface area contributed by atoms with E-state index in [-0.39, 0.29) is 11.5 Å².